The zero-order valence-corrected chi connectivity index (χ0v) is 19.9. The van der Waals surface area contributed by atoms with Gasteiger partial charge in [0.25, 0.3) is 5.91 Å². The van der Waals surface area contributed by atoms with Crippen molar-refractivity contribution < 1.29 is 14.3 Å². The minimum Gasteiger partial charge on any atom is -0.417 e. The van der Waals surface area contributed by atoms with Crippen LogP contribution in [0.4, 0.5) is 0 Å². The Kier molecular flexibility index (Phi) is 6.85. The quantitative estimate of drug-likeness (QED) is 0.636. The van der Waals surface area contributed by atoms with Crippen LogP contribution in [0.2, 0.25) is 18.1 Å². The highest BCUT2D eigenvalue weighted by molar-refractivity contribution is 6.74. The molecular weight excluding hydrogens is 390 g/mol. The zero-order chi connectivity index (χ0) is 21.9. The molecule has 2 atom stereocenters. The molecule has 162 valence electrons. The van der Waals surface area contributed by atoms with Crippen molar-refractivity contribution in [3.8, 4) is 11.1 Å². The molecule has 1 fully saturated rings. The van der Waals surface area contributed by atoms with Crippen molar-refractivity contribution in [2.45, 2.75) is 63.9 Å². The number of carbonyl (C=O) groups excluding carboxylic acids is 1. The molecule has 1 amide bonds. The molecule has 1 N–H and O–H groups in total. The van der Waals surface area contributed by atoms with Gasteiger partial charge in [-0.25, -0.2) is 0 Å². The third-order valence-corrected chi connectivity index (χ3v) is 11.2. The summed E-state index contributed by atoms with van der Waals surface area (Å²) in [5.74, 6) is -0.0107. The van der Waals surface area contributed by atoms with E-state index < -0.39 is 14.4 Å². The predicted octanol–water partition coefficient (Wildman–Crippen LogP) is 5.34. The molecule has 1 saturated heterocycles. The molecule has 0 bridgehead atoms. The molecule has 2 aromatic carbocycles. The van der Waals surface area contributed by atoms with Crippen LogP contribution in [-0.2, 0) is 4.43 Å². The maximum Gasteiger partial charge on any atom is 0.254 e. The Morgan fingerprint density at radius 3 is 2.27 bits per heavy atom. The molecule has 0 aromatic heterocycles. The van der Waals surface area contributed by atoms with E-state index in [9.17, 15) is 9.90 Å². The van der Waals surface area contributed by atoms with Crippen LogP contribution in [0.3, 0.4) is 0 Å². The molecular formula is C25H35NO3Si. The van der Waals surface area contributed by atoms with Crippen LogP contribution >= 0.6 is 0 Å². The van der Waals surface area contributed by atoms with Crippen LogP contribution < -0.4 is 0 Å². The molecule has 0 radical (unpaired) electrons. The zero-order valence-electron chi connectivity index (χ0n) is 18.9. The number of likely N-dealkylation sites (tertiary alicyclic amines) is 1. The number of nitrogens with zero attached hydrogens (tertiary/aromatic N) is 1. The van der Waals surface area contributed by atoms with Gasteiger partial charge >= 0.3 is 0 Å². The highest BCUT2D eigenvalue weighted by Crippen LogP contribution is 2.37. The molecule has 1 aliphatic heterocycles. The summed E-state index contributed by atoms with van der Waals surface area (Å²) < 4.78 is 6.31. The van der Waals surface area contributed by atoms with Gasteiger partial charge in [-0.15, -0.1) is 0 Å². The average Bonchev–Trinajstić information content (AvgIpc) is 3.07. The lowest BCUT2D eigenvalue weighted by Crippen LogP contribution is -2.42. The van der Waals surface area contributed by atoms with Crippen LogP contribution in [0, 0.1) is 0 Å². The SMILES string of the molecule is CC(C)(C)[Si](C)(C)OCCC1CC(O)CN1C(=O)c1ccc(-c2ccccc2)cc1. The lowest BCUT2D eigenvalue weighted by atomic mass is 10.0. The van der Waals surface area contributed by atoms with E-state index in [1.807, 2.05) is 47.4 Å². The Bertz CT molecular complexity index is 843. The third kappa shape index (κ3) is 5.20. The Morgan fingerprint density at radius 1 is 1.07 bits per heavy atom. The molecule has 0 saturated carbocycles. The van der Waals surface area contributed by atoms with E-state index in [-0.39, 0.29) is 17.0 Å². The van der Waals surface area contributed by atoms with Gasteiger partial charge < -0.3 is 14.4 Å². The van der Waals surface area contributed by atoms with Crippen molar-refractivity contribution in [1.29, 1.82) is 0 Å². The minimum absolute atomic E-state index is 0.0107. The number of carbonyl (C=O) groups is 1. The van der Waals surface area contributed by atoms with E-state index in [1.165, 1.54) is 0 Å². The van der Waals surface area contributed by atoms with Crippen molar-refractivity contribution in [3.63, 3.8) is 0 Å². The Morgan fingerprint density at radius 2 is 1.67 bits per heavy atom. The molecule has 0 aliphatic carbocycles. The molecule has 3 rings (SSSR count). The van der Waals surface area contributed by atoms with E-state index >= 15 is 0 Å². The van der Waals surface area contributed by atoms with Gasteiger partial charge in [0.1, 0.15) is 0 Å². The van der Waals surface area contributed by atoms with Gasteiger partial charge in [-0.1, -0.05) is 63.2 Å². The summed E-state index contributed by atoms with van der Waals surface area (Å²) in [5, 5.41) is 10.4. The fraction of sp³-hybridized carbons (Fsp3) is 0.480. The molecule has 1 aliphatic rings. The van der Waals surface area contributed by atoms with Gasteiger partial charge in [-0.2, -0.15) is 0 Å². The van der Waals surface area contributed by atoms with Crippen molar-refractivity contribution in [3.05, 3.63) is 60.2 Å². The van der Waals surface area contributed by atoms with Crippen LogP contribution in [0.15, 0.2) is 54.6 Å². The van der Waals surface area contributed by atoms with Crippen molar-refractivity contribution in [2.24, 2.45) is 0 Å². The molecule has 0 spiro atoms. The Labute approximate surface area is 182 Å². The number of aliphatic hydroxyl groups is 1. The van der Waals surface area contributed by atoms with Gasteiger partial charge in [0.15, 0.2) is 8.32 Å². The molecule has 2 aromatic rings. The van der Waals surface area contributed by atoms with Crippen LogP contribution in [0.1, 0.15) is 44.0 Å². The maximum atomic E-state index is 13.2. The van der Waals surface area contributed by atoms with Crippen molar-refractivity contribution >= 4 is 14.2 Å². The summed E-state index contributed by atoms with van der Waals surface area (Å²) in [5.41, 5.74) is 2.89. The Balaban J connectivity index is 1.65. The second-order valence-electron chi connectivity index (χ2n) is 9.84. The topological polar surface area (TPSA) is 49.8 Å². The van der Waals surface area contributed by atoms with Gasteiger partial charge in [0.05, 0.1) is 6.10 Å². The smallest absolute Gasteiger partial charge is 0.254 e. The van der Waals surface area contributed by atoms with Crippen LogP contribution in [0.25, 0.3) is 11.1 Å². The molecule has 4 nitrogen and oxygen atoms in total. The van der Waals surface area contributed by atoms with Crippen LogP contribution in [0.5, 0.6) is 0 Å². The molecule has 2 unspecified atom stereocenters. The molecule has 5 heteroatoms. The summed E-state index contributed by atoms with van der Waals surface area (Å²) in [6, 6.07) is 17.9. The summed E-state index contributed by atoms with van der Waals surface area (Å²) >= 11 is 0. The maximum absolute atomic E-state index is 13.2. The van der Waals surface area contributed by atoms with Crippen molar-refractivity contribution in [1.82, 2.24) is 4.90 Å². The number of β-amino-alcohol motifs (C(OH)–C–C–N with tert-alkyl or cyclic N) is 1. The van der Waals surface area contributed by atoms with Gasteiger partial charge in [0.2, 0.25) is 0 Å². The standard InChI is InChI=1S/C25H35NO3Si/c1-25(2,3)30(4,5)29-16-15-22-17-23(27)18-26(22)24(28)21-13-11-20(12-14-21)19-9-7-6-8-10-19/h6-14,22-23,27H,15-18H2,1-5H3. The lowest BCUT2D eigenvalue weighted by molar-refractivity contribution is 0.0700. The fourth-order valence-electron chi connectivity index (χ4n) is 3.68. The normalized spacial score (nSPS) is 19.9. The summed E-state index contributed by atoms with van der Waals surface area (Å²) in [4.78, 5) is 15.0. The van der Waals surface area contributed by atoms with Crippen molar-refractivity contribution in [2.75, 3.05) is 13.2 Å². The first kappa shape index (κ1) is 22.7. The third-order valence-electron chi connectivity index (χ3n) is 6.61. The predicted molar refractivity (Wildman–Crippen MR) is 125 cm³/mol. The monoisotopic (exact) mass is 425 g/mol. The van der Waals surface area contributed by atoms with Gasteiger partial charge in [-0.05, 0) is 54.2 Å². The van der Waals surface area contributed by atoms with E-state index in [1.54, 1.807) is 0 Å². The van der Waals surface area contributed by atoms with E-state index in [0.29, 0.717) is 25.1 Å². The second-order valence-corrected chi connectivity index (χ2v) is 14.7. The first-order valence-electron chi connectivity index (χ1n) is 10.9. The summed E-state index contributed by atoms with van der Waals surface area (Å²) in [6.07, 6.45) is 0.918. The van der Waals surface area contributed by atoms with Crippen LogP contribution in [-0.4, -0.2) is 49.5 Å². The fourth-order valence-corrected chi connectivity index (χ4v) is 4.74. The lowest BCUT2D eigenvalue weighted by Gasteiger charge is -2.36. The number of hydrogen-bond donors (Lipinski definition) is 1. The Hall–Kier alpha value is -1.95. The summed E-state index contributed by atoms with van der Waals surface area (Å²) in [7, 11) is -1.81. The van der Waals surface area contributed by atoms with Gasteiger partial charge in [0, 0.05) is 24.8 Å². The highest BCUT2D eigenvalue weighted by atomic mass is 28.4. The molecule has 30 heavy (non-hydrogen) atoms. The number of amides is 1. The number of hydrogen-bond acceptors (Lipinski definition) is 3. The highest BCUT2D eigenvalue weighted by Gasteiger charge is 2.38. The first-order chi connectivity index (χ1) is 14.1. The summed E-state index contributed by atoms with van der Waals surface area (Å²) in [6.45, 7) is 12.2. The second kappa shape index (κ2) is 9.04. The first-order valence-corrected chi connectivity index (χ1v) is 13.8. The number of benzene rings is 2. The number of aliphatic hydroxyl groups excluding tert-OH is 1. The largest absolute Gasteiger partial charge is 0.417 e. The van der Waals surface area contributed by atoms with Gasteiger partial charge in [-0.3, -0.25) is 4.79 Å². The number of rotatable bonds is 6. The van der Waals surface area contributed by atoms with E-state index in [2.05, 4.69) is 46.0 Å². The van der Waals surface area contributed by atoms with E-state index in [4.69, 9.17) is 4.43 Å². The van der Waals surface area contributed by atoms with E-state index in [0.717, 1.165) is 17.5 Å². The molecule has 1 heterocycles. The minimum atomic E-state index is -1.81. The average molecular weight is 426 g/mol.